The molecule has 1 atom stereocenters. The van der Waals surface area contributed by atoms with Gasteiger partial charge in [-0.05, 0) is 6.92 Å². The third kappa shape index (κ3) is 3.72. The molecule has 0 spiro atoms. The fraction of sp³-hybridized carbons (Fsp3) is 0.267. The van der Waals surface area contributed by atoms with Gasteiger partial charge >= 0.3 is 0 Å². The Morgan fingerprint density at radius 1 is 1.43 bits per heavy atom. The number of hydrogen-bond donors (Lipinski definition) is 1. The number of nitrogens with one attached hydrogen (secondary N) is 1. The van der Waals surface area contributed by atoms with Crippen LogP contribution in [0.5, 0.6) is 0 Å². The molecule has 0 saturated heterocycles. The molecule has 0 fully saturated rings. The Labute approximate surface area is 128 Å². The smallest absolute Gasteiger partial charge is 0.233 e. The number of hydrogen-bond acceptors (Lipinski definition) is 4. The minimum atomic E-state index is -0.239. The third-order valence-electron chi connectivity index (χ3n) is 2.94. The summed E-state index contributed by atoms with van der Waals surface area (Å²) < 4.78 is 1.90. The summed E-state index contributed by atoms with van der Waals surface area (Å²) >= 11 is 1.39. The number of nitrogens with zero attached hydrogens (tertiary/aromatic N) is 3. The van der Waals surface area contributed by atoms with Crippen molar-refractivity contribution in [2.24, 2.45) is 7.05 Å². The minimum absolute atomic E-state index is 0.0378. The monoisotopic (exact) mass is 302 g/mol. The lowest BCUT2D eigenvalue weighted by Gasteiger charge is -2.10. The molecule has 0 unspecified atom stereocenters. The van der Waals surface area contributed by atoms with Crippen molar-refractivity contribution in [2.75, 3.05) is 6.54 Å². The van der Waals surface area contributed by atoms with Gasteiger partial charge in [-0.15, -0.1) is 16.8 Å². The maximum absolute atomic E-state index is 11.9. The van der Waals surface area contributed by atoms with Crippen molar-refractivity contribution in [3.05, 3.63) is 43.0 Å². The van der Waals surface area contributed by atoms with E-state index in [1.165, 1.54) is 11.8 Å². The van der Waals surface area contributed by atoms with E-state index in [2.05, 4.69) is 22.1 Å². The summed E-state index contributed by atoms with van der Waals surface area (Å²) in [7, 11) is 1.90. The SMILES string of the molecule is C=CCNC(=O)[C@@H](C)Sc1nnc(-c2ccccc2)n1C. The first-order valence-electron chi connectivity index (χ1n) is 6.63. The highest BCUT2D eigenvalue weighted by atomic mass is 32.2. The number of benzene rings is 1. The number of rotatable bonds is 6. The van der Waals surface area contributed by atoms with E-state index >= 15 is 0 Å². The normalized spacial score (nSPS) is 11.9. The van der Waals surface area contributed by atoms with E-state index in [0.717, 1.165) is 16.5 Å². The molecular formula is C15H18N4OS. The Hall–Kier alpha value is -2.08. The number of thioether (sulfide) groups is 1. The van der Waals surface area contributed by atoms with Crippen LogP contribution in [-0.4, -0.2) is 32.5 Å². The fourth-order valence-corrected chi connectivity index (χ4v) is 2.62. The highest BCUT2D eigenvalue weighted by molar-refractivity contribution is 8.00. The lowest BCUT2D eigenvalue weighted by molar-refractivity contribution is -0.120. The van der Waals surface area contributed by atoms with Gasteiger partial charge < -0.3 is 9.88 Å². The van der Waals surface area contributed by atoms with Gasteiger partial charge in [0.2, 0.25) is 5.91 Å². The van der Waals surface area contributed by atoms with Gasteiger partial charge in [-0.25, -0.2) is 0 Å². The van der Waals surface area contributed by atoms with Crippen LogP contribution in [0.3, 0.4) is 0 Å². The minimum Gasteiger partial charge on any atom is -0.352 e. The molecule has 5 nitrogen and oxygen atoms in total. The average Bonchev–Trinajstić information content (AvgIpc) is 2.86. The molecule has 0 radical (unpaired) electrons. The topological polar surface area (TPSA) is 59.8 Å². The van der Waals surface area contributed by atoms with E-state index in [1.54, 1.807) is 6.08 Å². The summed E-state index contributed by atoms with van der Waals surface area (Å²) in [4.78, 5) is 11.9. The second-order valence-corrected chi connectivity index (χ2v) is 5.83. The molecule has 1 aromatic heterocycles. The van der Waals surface area contributed by atoms with Crippen molar-refractivity contribution < 1.29 is 4.79 Å². The van der Waals surface area contributed by atoms with Gasteiger partial charge in [0.25, 0.3) is 0 Å². The summed E-state index contributed by atoms with van der Waals surface area (Å²) in [6, 6.07) is 9.85. The Morgan fingerprint density at radius 2 is 2.14 bits per heavy atom. The predicted molar refractivity (Wildman–Crippen MR) is 85.0 cm³/mol. The fourth-order valence-electron chi connectivity index (χ4n) is 1.78. The van der Waals surface area contributed by atoms with Crippen LogP contribution in [-0.2, 0) is 11.8 Å². The van der Waals surface area contributed by atoms with Crippen LogP contribution < -0.4 is 5.32 Å². The molecule has 2 aromatic rings. The number of amides is 1. The Bertz CT molecular complexity index is 624. The maximum Gasteiger partial charge on any atom is 0.233 e. The van der Waals surface area contributed by atoms with Gasteiger partial charge in [0.05, 0.1) is 5.25 Å². The standard InChI is InChI=1S/C15H18N4OS/c1-4-10-16-14(20)11(2)21-15-18-17-13(19(15)3)12-8-6-5-7-9-12/h4-9,11H,1,10H2,2-3H3,(H,16,20)/t11-/m1/s1. The van der Waals surface area contributed by atoms with Crippen molar-refractivity contribution in [3.8, 4) is 11.4 Å². The molecule has 21 heavy (non-hydrogen) atoms. The van der Waals surface area contributed by atoms with Crippen LogP contribution in [0.1, 0.15) is 6.92 Å². The van der Waals surface area contributed by atoms with Gasteiger partial charge in [0.1, 0.15) is 0 Å². The van der Waals surface area contributed by atoms with Crippen LogP contribution in [0, 0.1) is 0 Å². The molecule has 0 bridgehead atoms. The average molecular weight is 302 g/mol. The number of aromatic nitrogens is 3. The molecule has 6 heteroatoms. The highest BCUT2D eigenvalue weighted by Gasteiger charge is 2.18. The van der Waals surface area contributed by atoms with Crippen molar-refractivity contribution >= 4 is 17.7 Å². The van der Waals surface area contributed by atoms with Gasteiger partial charge in [-0.2, -0.15) is 0 Å². The molecule has 110 valence electrons. The summed E-state index contributed by atoms with van der Waals surface area (Å²) in [6.07, 6.45) is 1.66. The van der Waals surface area contributed by atoms with E-state index in [1.807, 2.05) is 48.9 Å². The second kappa shape index (κ2) is 7.08. The summed E-state index contributed by atoms with van der Waals surface area (Å²) in [5.41, 5.74) is 1.00. The van der Waals surface area contributed by atoms with Crippen LogP contribution in [0.2, 0.25) is 0 Å². The summed E-state index contributed by atoms with van der Waals surface area (Å²) in [6.45, 7) is 5.90. The molecule has 0 aliphatic carbocycles. The molecule has 2 rings (SSSR count). The lowest BCUT2D eigenvalue weighted by Crippen LogP contribution is -2.31. The zero-order valence-electron chi connectivity index (χ0n) is 12.1. The van der Waals surface area contributed by atoms with E-state index in [-0.39, 0.29) is 11.2 Å². The van der Waals surface area contributed by atoms with Gasteiger partial charge in [0, 0.05) is 19.2 Å². The van der Waals surface area contributed by atoms with E-state index in [4.69, 9.17) is 0 Å². The molecule has 1 amide bonds. The Kier molecular flexibility index (Phi) is 5.16. The van der Waals surface area contributed by atoms with Crippen molar-refractivity contribution in [1.82, 2.24) is 20.1 Å². The third-order valence-corrected chi connectivity index (χ3v) is 4.07. The first-order valence-corrected chi connectivity index (χ1v) is 7.51. The van der Waals surface area contributed by atoms with Gasteiger partial charge in [-0.3, -0.25) is 4.79 Å². The van der Waals surface area contributed by atoms with E-state index < -0.39 is 0 Å². The number of carbonyl (C=O) groups is 1. The zero-order chi connectivity index (χ0) is 15.2. The lowest BCUT2D eigenvalue weighted by atomic mass is 10.2. The quantitative estimate of drug-likeness (QED) is 0.657. The maximum atomic E-state index is 11.9. The van der Waals surface area contributed by atoms with Gasteiger partial charge in [0.15, 0.2) is 11.0 Å². The molecule has 0 saturated carbocycles. The highest BCUT2D eigenvalue weighted by Crippen LogP contribution is 2.25. The van der Waals surface area contributed by atoms with E-state index in [9.17, 15) is 4.79 Å². The molecule has 0 aliphatic rings. The molecule has 1 N–H and O–H groups in total. The predicted octanol–water partition coefficient (Wildman–Crippen LogP) is 2.26. The molecule has 1 aromatic carbocycles. The zero-order valence-corrected chi connectivity index (χ0v) is 12.9. The first kappa shape index (κ1) is 15.3. The summed E-state index contributed by atoms with van der Waals surface area (Å²) in [5, 5.41) is 11.6. The van der Waals surface area contributed by atoms with Crippen LogP contribution in [0.15, 0.2) is 48.1 Å². The largest absolute Gasteiger partial charge is 0.352 e. The van der Waals surface area contributed by atoms with Gasteiger partial charge in [-0.1, -0.05) is 48.2 Å². The number of carbonyl (C=O) groups excluding carboxylic acids is 1. The Balaban J connectivity index is 2.10. The van der Waals surface area contributed by atoms with Crippen LogP contribution in [0.4, 0.5) is 0 Å². The second-order valence-electron chi connectivity index (χ2n) is 4.53. The molecule has 1 heterocycles. The summed E-state index contributed by atoms with van der Waals surface area (Å²) in [5.74, 6) is 0.751. The molecular weight excluding hydrogens is 284 g/mol. The molecule has 0 aliphatic heterocycles. The Morgan fingerprint density at radius 3 is 2.81 bits per heavy atom. The van der Waals surface area contributed by atoms with Crippen molar-refractivity contribution in [2.45, 2.75) is 17.3 Å². The van der Waals surface area contributed by atoms with Crippen LogP contribution in [0.25, 0.3) is 11.4 Å². The van der Waals surface area contributed by atoms with E-state index in [0.29, 0.717) is 6.54 Å². The van der Waals surface area contributed by atoms with Crippen molar-refractivity contribution in [1.29, 1.82) is 0 Å². The first-order chi connectivity index (χ1) is 10.1. The van der Waals surface area contributed by atoms with Crippen molar-refractivity contribution in [3.63, 3.8) is 0 Å². The van der Waals surface area contributed by atoms with Crippen LogP contribution >= 0.6 is 11.8 Å².